The molecule has 8 aliphatic heterocycles. The van der Waals surface area contributed by atoms with E-state index < -0.39 is 52.7 Å². The van der Waals surface area contributed by atoms with Crippen molar-refractivity contribution in [3.8, 4) is 0 Å². The maximum absolute atomic E-state index is 12.0. The second kappa shape index (κ2) is 14.7. The first-order valence-corrected chi connectivity index (χ1v) is 20.5. The van der Waals surface area contributed by atoms with Crippen molar-refractivity contribution in [2.24, 2.45) is 0 Å². The highest BCUT2D eigenvalue weighted by atomic mass is 16.7. The molecule has 8 heterocycles. The zero-order valence-electron chi connectivity index (χ0n) is 32.8. The fourth-order valence-corrected chi connectivity index (χ4v) is 11.4. The smallest absolute Gasteiger partial charge is 0.302 e. The molecule has 14 nitrogen and oxygen atoms in total. The van der Waals surface area contributed by atoms with Gasteiger partial charge in [0.2, 0.25) is 0 Å². The predicted octanol–water partition coefficient (Wildman–Crippen LogP) is 3.22. The maximum atomic E-state index is 12.0. The predicted molar refractivity (Wildman–Crippen MR) is 188 cm³/mol. The number of aliphatic hydroxyl groups excluding tert-OH is 2. The lowest BCUT2D eigenvalue weighted by Gasteiger charge is -2.61. The van der Waals surface area contributed by atoms with Crippen LogP contribution in [0.25, 0.3) is 0 Å². The summed E-state index contributed by atoms with van der Waals surface area (Å²) in [6.45, 7) is 11.1. The number of esters is 2. The Morgan fingerprint density at radius 3 is 2.17 bits per heavy atom. The molecule has 0 aliphatic carbocycles. The summed E-state index contributed by atoms with van der Waals surface area (Å²) in [4.78, 5) is 23.6. The van der Waals surface area contributed by atoms with E-state index in [1.165, 1.54) is 13.8 Å². The Kier molecular flexibility index (Phi) is 10.7. The molecule has 8 aliphatic rings. The Balaban J connectivity index is 0.948. The Labute approximate surface area is 318 Å². The number of hydrogen-bond acceptors (Lipinski definition) is 14. The number of rotatable bonds is 6. The molecule has 0 amide bonds. The van der Waals surface area contributed by atoms with Crippen LogP contribution < -0.4 is 0 Å². The van der Waals surface area contributed by atoms with Crippen molar-refractivity contribution in [3.05, 3.63) is 0 Å². The number of carbonyl (C=O) groups is 2. The van der Waals surface area contributed by atoms with E-state index in [9.17, 15) is 19.8 Å². The van der Waals surface area contributed by atoms with E-state index in [4.69, 9.17) is 47.4 Å². The molecule has 0 bridgehead atoms. The van der Waals surface area contributed by atoms with Crippen LogP contribution in [-0.4, -0.2) is 143 Å². The van der Waals surface area contributed by atoms with E-state index in [-0.39, 0.29) is 80.4 Å². The summed E-state index contributed by atoms with van der Waals surface area (Å²) in [6, 6.07) is 0. The van der Waals surface area contributed by atoms with Crippen molar-refractivity contribution in [1.29, 1.82) is 0 Å². The van der Waals surface area contributed by atoms with Gasteiger partial charge in [-0.3, -0.25) is 9.59 Å². The standard InChI is InChI=1S/C40H62O14/c1-21(42)45-19-31-25(46-22(2)43)9-10-26-28(49-31)16-34-39(5,52-26)20-38(4)33(51-34)12-11-24-29(53-38)15-27-30(48-24)18-37(3)35(50-27)17-36-40(6,54-37)32(44)14-23(47-36)8-7-13-41/h23-36,41,44H,7-20H2,1-6H3/t23-,24+,25-,26+,27+,28-,29-,30-,31+,32-,33-,34+,35-,36+,37+,38+,39-,40-/m0/s1. The average molecular weight is 767 g/mol. The number of aliphatic hydroxyl groups is 2. The highest BCUT2D eigenvalue weighted by Gasteiger charge is 2.64. The van der Waals surface area contributed by atoms with Crippen LogP contribution in [0.3, 0.4) is 0 Å². The first kappa shape index (κ1) is 39.4. The molecule has 0 radical (unpaired) electrons. The molecule has 54 heavy (non-hydrogen) atoms. The Morgan fingerprint density at radius 2 is 1.41 bits per heavy atom. The molecule has 0 aromatic heterocycles. The summed E-state index contributed by atoms with van der Waals surface area (Å²) in [6.07, 6.45) is 3.48. The second-order valence-electron chi connectivity index (χ2n) is 18.3. The lowest BCUT2D eigenvalue weighted by atomic mass is 9.72. The summed E-state index contributed by atoms with van der Waals surface area (Å²) >= 11 is 0. The molecule has 0 aromatic rings. The van der Waals surface area contributed by atoms with Gasteiger partial charge in [-0.15, -0.1) is 0 Å². The van der Waals surface area contributed by atoms with E-state index in [0.29, 0.717) is 64.2 Å². The number of carbonyl (C=O) groups excluding carboxylic acids is 2. The molecule has 306 valence electrons. The minimum atomic E-state index is -0.856. The van der Waals surface area contributed by atoms with Gasteiger partial charge in [0.15, 0.2) is 0 Å². The van der Waals surface area contributed by atoms with Gasteiger partial charge in [0.05, 0.1) is 90.1 Å². The van der Waals surface area contributed by atoms with Crippen molar-refractivity contribution >= 4 is 11.9 Å². The normalized spacial score (nSPS) is 52.6. The van der Waals surface area contributed by atoms with Crippen LogP contribution in [0, 0.1) is 0 Å². The van der Waals surface area contributed by atoms with Gasteiger partial charge in [-0.25, -0.2) is 0 Å². The zero-order chi connectivity index (χ0) is 38.2. The van der Waals surface area contributed by atoms with Crippen LogP contribution in [0.1, 0.15) is 119 Å². The fourth-order valence-electron chi connectivity index (χ4n) is 11.4. The van der Waals surface area contributed by atoms with Gasteiger partial charge in [0.1, 0.15) is 24.4 Å². The molecule has 2 N–H and O–H groups in total. The summed E-state index contributed by atoms with van der Waals surface area (Å²) in [5.41, 5.74) is -2.78. The van der Waals surface area contributed by atoms with Gasteiger partial charge in [-0.2, -0.15) is 0 Å². The minimum Gasteiger partial charge on any atom is -0.463 e. The number of hydrogen-bond donors (Lipinski definition) is 2. The van der Waals surface area contributed by atoms with Gasteiger partial charge in [0, 0.05) is 59.0 Å². The molecule has 0 unspecified atom stereocenters. The molecular weight excluding hydrogens is 704 g/mol. The molecule has 0 saturated carbocycles. The summed E-state index contributed by atoms with van der Waals surface area (Å²) in [5, 5.41) is 20.7. The number of fused-ring (bicyclic) bond motifs is 7. The van der Waals surface area contributed by atoms with Gasteiger partial charge < -0.3 is 57.6 Å². The second-order valence-corrected chi connectivity index (χ2v) is 18.3. The van der Waals surface area contributed by atoms with Crippen molar-refractivity contribution < 1.29 is 67.2 Å². The van der Waals surface area contributed by atoms with Crippen LogP contribution in [-0.2, 0) is 57.0 Å². The highest BCUT2D eigenvalue weighted by Crippen LogP contribution is 2.54. The van der Waals surface area contributed by atoms with Crippen LogP contribution in [0.4, 0.5) is 0 Å². The summed E-state index contributed by atoms with van der Waals surface area (Å²) in [7, 11) is 0. The first-order chi connectivity index (χ1) is 25.6. The molecule has 14 heteroatoms. The van der Waals surface area contributed by atoms with Gasteiger partial charge >= 0.3 is 11.9 Å². The lowest BCUT2D eigenvalue weighted by Crippen LogP contribution is -2.72. The van der Waals surface area contributed by atoms with Crippen molar-refractivity contribution in [2.45, 2.75) is 226 Å². The third-order valence-electron chi connectivity index (χ3n) is 14.1. The fraction of sp³-hybridized carbons (Fsp3) is 0.950. The molecular formula is C40H62O14. The van der Waals surface area contributed by atoms with Gasteiger partial charge in [0.25, 0.3) is 0 Å². The molecule has 8 fully saturated rings. The molecule has 0 aromatic carbocycles. The van der Waals surface area contributed by atoms with Crippen LogP contribution in [0.2, 0.25) is 0 Å². The van der Waals surface area contributed by atoms with E-state index in [2.05, 4.69) is 20.8 Å². The van der Waals surface area contributed by atoms with Crippen molar-refractivity contribution in [1.82, 2.24) is 0 Å². The van der Waals surface area contributed by atoms with Crippen LogP contribution in [0.5, 0.6) is 0 Å². The Bertz CT molecular complexity index is 1400. The third kappa shape index (κ3) is 7.28. The SMILES string of the molecule is CC(=O)OC[C@H]1O[C@H]2C[C@H]3O[C@H]4CC[C@H]5O[C@H]6C[C@@]7(C)O[C@@]8(C)[C@@H](O)C[C@H](CCCO)O[C@@H]8C[C@@H]7O[C@@H]6C[C@@H]5O[C@]4(C)C[C@]3(C)O[C@@H]2CC[C@@H]1OC(C)=O. The minimum absolute atomic E-state index is 0.00412. The summed E-state index contributed by atoms with van der Waals surface area (Å²) < 4.78 is 65.7. The molecule has 18 atom stereocenters. The van der Waals surface area contributed by atoms with Crippen LogP contribution in [0.15, 0.2) is 0 Å². The first-order valence-electron chi connectivity index (χ1n) is 20.5. The van der Waals surface area contributed by atoms with E-state index in [0.717, 1.165) is 12.8 Å². The van der Waals surface area contributed by atoms with Gasteiger partial charge in [-0.05, 0) is 66.2 Å². The van der Waals surface area contributed by atoms with E-state index in [1.807, 2.05) is 6.92 Å². The highest BCUT2D eigenvalue weighted by molar-refractivity contribution is 5.66. The van der Waals surface area contributed by atoms with Gasteiger partial charge in [-0.1, -0.05) is 0 Å². The third-order valence-corrected chi connectivity index (χ3v) is 14.1. The lowest BCUT2D eigenvalue weighted by molar-refractivity contribution is -0.369. The quantitative estimate of drug-likeness (QED) is 0.379. The topological polar surface area (TPSA) is 167 Å². The molecule has 8 saturated heterocycles. The average Bonchev–Trinajstić information content (AvgIpc) is 3.32. The Morgan fingerprint density at radius 1 is 0.685 bits per heavy atom. The molecule has 8 rings (SSSR count). The molecule has 0 spiro atoms. The van der Waals surface area contributed by atoms with Crippen LogP contribution >= 0.6 is 0 Å². The monoisotopic (exact) mass is 766 g/mol. The number of ether oxygens (including phenoxy) is 10. The maximum Gasteiger partial charge on any atom is 0.302 e. The van der Waals surface area contributed by atoms with Crippen molar-refractivity contribution in [2.75, 3.05) is 13.2 Å². The van der Waals surface area contributed by atoms with E-state index in [1.54, 1.807) is 0 Å². The van der Waals surface area contributed by atoms with E-state index >= 15 is 0 Å². The zero-order valence-corrected chi connectivity index (χ0v) is 32.8. The Hall–Kier alpha value is -1.46. The summed E-state index contributed by atoms with van der Waals surface area (Å²) in [5.74, 6) is -0.824. The van der Waals surface area contributed by atoms with Crippen molar-refractivity contribution in [3.63, 3.8) is 0 Å². The largest absolute Gasteiger partial charge is 0.463 e.